The summed E-state index contributed by atoms with van der Waals surface area (Å²) in [5, 5.41) is 2.59. The van der Waals surface area contributed by atoms with Crippen molar-refractivity contribution >= 4 is 54.3 Å². The van der Waals surface area contributed by atoms with E-state index in [1.807, 2.05) is 0 Å². The molecule has 1 aliphatic rings. The molecule has 1 aliphatic heterocycles. The van der Waals surface area contributed by atoms with E-state index in [2.05, 4.69) is 29.7 Å². The molecule has 2 aromatic heterocycles. The van der Waals surface area contributed by atoms with Gasteiger partial charge in [0.1, 0.15) is 22.2 Å². The molecule has 0 spiro atoms. The maximum atomic E-state index is 13.7. The number of thiazole rings is 1. The Hall–Kier alpha value is -4.14. The Morgan fingerprint density at radius 3 is 2.15 bits per heavy atom. The number of H-pyrrole nitrogens is 1. The molecule has 4 aromatic rings. The number of rotatable bonds is 8. The molecule has 46 heavy (non-hydrogen) atoms. The first kappa shape index (κ1) is 33.2. The van der Waals surface area contributed by atoms with Gasteiger partial charge in [0.05, 0.1) is 4.90 Å². The third-order valence-electron chi connectivity index (χ3n) is 6.42. The summed E-state index contributed by atoms with van der Waals surface area (Å²) in [5.41, 5.74) is -0.165. The van der Waals surface area contributed by atoms with E-state index in [1.54, 1.807) is 4.90 Å². The zero-order valence-corrected chi connectivity index (χ0v) is 25.1. The molecule has 1 amide bonds. The largest absolute Gasteiger partial charge is 0.573 e. The number of hydrogen-bond acceptors (Lipinski definition) is 10. The van der Waals surface area contributed by atoms with E-state index in [9.17, 15) is 44.3 Å². The molecule has 0 bridgehead atoms. The molecular weight excluding hydrogens is 694 g/mol. The monoisotopic (exact) mass is 712 g/mol. The van der Waals surface area contributed by atoms with Crippen molar-refractivity contribution in [3.63, 3.8) is 0 Å². The number of anilines is 1. The van der Waals surface area contributed by atoms with Gasteiger partial charge in [0.25, 0.3) is 5.56 Å². The van der Waals surface area contributed by atoms with Crippen molar-refractivity contribution in [1.29, 1.82) is 0 Å². The van der Waals surface area contributed by atoms with E-state index < -0.39 is 56.7 Å². The number of ether oxygens (including phenoxy) is 2. The third-order valence-corrected chi connectivity index (χ3v) is 9.62. The molecule has 246 valence electrons. The highest BCUT2D eigenvalue weighted by atomic mass is 35.5. The molecule has 21 heteroatoms. The van der Waals surface area contributed by atoms with Gasteiger partial charge in [0.15, 0.2) is 10.8 Å². The van der Waals surface area contributed by atoms with Gasteiger partial charge in [0.2, 0.25) is 21.2 Å². The minimum absolute atomic E-state index is 0.00952. The summed E-state index contributed by atoms with van der Waals surface area (Å²) in [7, 11) is -4.48. The van der Waals surface area contributed by atoms with Gasteiger partial charge in [-0.2, -0.15) is 14.3 Å². The maximum absolute atomic E-state index is 13.7. The fraction of sp³-hybridized carbons (Fsp3) is 0.280. The van der Waals surface area contributed by atoms with Gasteiger partial charge in [-0.15, -0.1) is 26.3 Å². The van der Waals surface area contributed by atoms with Crippen molar-refractivity contribution in [2.45, 2.75) is 30.2 Å². The first-order valence-corrected chi connectivity index (χ1v) is 15.4. The molecule has 0 unspecified atom stereocenters. The summed E-state index contributed by atoms with van der Waals surface area (Å²) >= 11 is 6.74. The first-order chi connectivity index (χ1) is 21.5. The Balaban J connectivity index is 1.40. The Kier molecular flexibility index (Phi) is 9.08. The molecule has 0 saturated carbocycles. The average Bonchev–Trinajstić information content (AvgIpc) is 3.39. The summed E-state index contributed by atoms with van der Waals surface area (Å²) in [6.45, 7) is -0.780. The highest BCUT2D eigenvalue weighted by Crippen LogP contribution is 2.31. The van der Waals surface area contributed by atoms with E-state index in [0.717, 1.165) is 52.0 Å². The van der Waals surface area contributed by atoms with E-state index in [1.165, 1.54) is 12.1 Å². The number of nitrogens with one attached hydrogen (secondary N) is 2. The molecule has 2 aromatic carbocycles. The quantitative estimate of drug-likeness (QED) is 0.204. The zero-order valence-electron chi connectivity index (χ0n) is 22.7. The lowest BCUT2D eigenvalue weighted by Gasteiger charge is -2.39. The molecule has 0 aliphatic carbocycles. The number of aromatic nitrogens is 3. The molecule has 3 heterocycles. The van der Waals surface area contributed by atoms with Crippen molar-refractivity contribution in [1.82, 2.24) is 24.6 Å². The molecule has 1 fully saturated rings. The van der Waals surface area contributed by atoms with Gasteiger partial charge in [-0.1, -0.05) is 23.5 Å². The van der Waals surface area contributed by atoms with Crippen LogP contribution in [0.1, 0.15) is 5.56 Å². The fourth-order valence-electron chi connectivity index (χ4n) is 4.44. The number of piperazine rings is 1. The molecular formula is C25H19ClF6N6O6S2. The number of aromatic amines is 1. The van der Waals surface area contributed by atoms with Gasteiger partial charge >= 0.3 is 12.7 Å². The Labute approximate surface area is 263 Å². The molecule has 0 radical (unpaired) electrons. The lowest BCUT2D eigenvalue weighted by Crippen LogP contribution is -2.60. The summed E-state index contributed by atoms with van der Waals surface area (Å²) in [6.07, 6.45) is -9.90. The fourth-order valence-corrected chi connectivity index (χ4v) is 7.11. The standard InChI is InChI=1S/C25H19ClF6N6O6S2/c26-22-34-19-18(21(40)36-22)45-23(35-19)37-9-10-38(46(41,42)16-7-5-15(6-8-16)44-25(30,31)32)17(12-37)20(39)33-11-13-1-3-14(4-2-13)43-24(27,28)29/h1-8,17H,9-12H2,(H,33,39)(H,34,36,40)/t17-/m1/s1. The van der Waals surface area contributed by atoms with Crippen LogP contribution in [-0.2, 0) is 21.4 Å². The lowest BCUT2D eigenvalue weighted by molar-refractivity contribution is -0.275. The van der Waals surface area contributed by atoms with Gasteiger partial charge < -0.3 is 19.7 Å². The predicted molar refractivity (Wildman–Crippen MR) is 151 cm³/mol. The lowest BCUT2D eigenvalue weighted by atomic mass is 10.1. The number of amides is 1. The van der Waals surface area contributed by atoms with Crippen molar-refractivity contribution in [3.05, 3.63) is 69.7 Å². The number of nitrogens with zero attached hydrogens (tertiary/aromatic N) is 4. The third kappa shape index (κ3) is 7.80. The Morgan fingerprint density at radius 2 is 1.57 bits per heavy atom. The Bertz CT molecular complexity index is 1900. The summed E-state index contributed by atoms with van der Waals surface area (Å²) in [4.78, 5) is 37.5. The highest BCUT2D eigenvalue weighted by molar-refractivity contribution is 7.89. The summed E-state index contributed by atoms with van der Waals surface area (Å²) < 4.78 is 111. The second kappa shape index (κ2) is 12.6. The van der Waals surface area contributed by atoms with E-state index in [0.29, 0.717) is 5.56 Å². The molecule has 5 rings (SSSR count). The van der Waals surface area contributed by atoms with Crippen LogP contribution in [0.4, 0.5) is 31.5 Å². The van der Waals surface area contributed by atoms with Crippen LogP contribution in [0.5, 0.6) is 11.5 Å². The van der Waals surface area contributed by atoms with E-state index in [4.69, 9.17) is 11.6 Å². The van der Waals surface area contributed by atoms with Crippen LogP contribution in [0.25, 0.3) is 10.3 Å². The number of sulfonamides is 1. The predicted octanol–water partition coefficient (Wildman–Crippen LogP) is 4.03. The number of halogens is 7. The number of fused-ring (bicyclic) bond motifs is 1. The minimum Gasteiger partial charge on any atom is -0.406 e. The first-order valence-electron chi connectivity index (χ1n) is 12.8. The molecule has 2 N–H and O–H groups in total. The van der Waals surface area contributed by atoms with Crippen molar-refractivity contribution in [2.75, 3.05) is 24.5 Å². The zero-order chi connectivity index (χ0) is 33.4. The SMILES string of the molecule is O=C(NCc1ccc(OC(F)(F)F)cc1)[C@H]1CN(c2nc3nc(Cl)[nH]c(=O)c3s2)CCN1S(=O)(=O)c1ccc(OC(F)(F)F)cc1. The van der Waals surface area contributed by atoms with Crippen LogP contribution in [0.2, 0.25) is 5.28 Å². The second-order valence-electron chi connectivity index (χ2n) is 9.51. The maximum Gasteiger partial charge on any atom is 0.573 e. The smallest absolute Gasteiger partial charge is 0.406 e. The van der Waals surface area contributed by atoms with E-state index in [-0.39, 0.29) is 46.9 Å². The average molecular weight is 713 g/mol. The minimum atomic E-state index is -5.00. The van der Waals surface area contributed by atoms with Gasteiger partial charge in [-0.25, -0.2) is 8.42 Å². The van der Waals surface area contributed by atoms with Crippen LogP contribution < -0.4 is 25.2 Å². The van der Waals surface area contributed by atoms with Crippen LogP contribution in [0.3, 0.4) is 0 Å². The van der Waals surface area contributed by atoms with Gasteiger partial charge in [-0.05, 0) is 53.6 Å². The van der Waals surface area contributed by atoms with Crippen molar-refractivity contribution in [3.8, 4) is 11.5 Å². The number of carbonyl (C=O) groups is 1. The topological polar surface area (TPSA) is 147 Å². The number of carbonyl (C=O) groups excluding carboxylic acids is 1. The highest BCUT2D eigenvalue weighted by Gasteiger charge is 2.41. The van der Waals surface area contributed by atoms with Crippen molar-refractivity contribution in [2.24, 2.45) is 0 Å². The van der Waals surface area contributed by atoms with Crippen molar-refractivity contribution < 1.29 is 49.0 Å². The summed E-state index contributed by atoms with van der Waals surface area (Å²) in [5.74, 6) is -1.95. The van der Waals surface area contributed by atoms with Crippen LogP contribution in [-0.4, -0.2) is 72.0 Å². The number of hydrogen-bond donors (Lipinski definition) is 2. The number of alkyl halides is 6. The Morgan fingerprint density at radius 1 is 0.978 bits per heavy atom. The van der Waals surface area contributed by atoms with Gasteiger partial charge in [0, 0.05) is 26.2 Å². The molecule has 1 saturated heterocycles. The number of benzene rings is 2. The second-order valence-corrected chi connectivity index (χ2v) is 12.7. The van der Waals surface area contributed by atoms with Gasteiger partial charge in [-0.3, -0.25) is 14.6 Å². The van der Waals surface area contributed by atoms with Crippen LogP contribution in [0, 0.1) is 0 Å². The van der Waals surface area contributed by atoms with Crippen LogP contribution >= 0.6 is 22.9 Å². The summed E-state index contributed by atoms with van der Waals surface area (Å²) in [6, 6.07) is 6.61. The van der Waals surface area contributed by atoms with E-state index >= 15 is 0 Å². The van der Waals surface area contributed by atoms with Crippen LogP contribution in [0.15, 0.2) is 58.2 Å². The normalized spacial score (nSPS) is 16.4. The molecule has 1 atom stereocenters. The molecule has 12 nitrogen and oxygen atoms in total.